The second kappa shape index (κ2) is 3.90. The number of nitrogens with zero attached hydrogens (tertiary/aromatic N) is 1. The van der Waals surface area contributed by atoms with Gasteiger partial charge in [0.1, 0.15) is 11.5 Å². The Bertz CT molecular complexity index is 503. The third-order valence-electron chi connectivity index (χ3n) is 3.16. The molecule has 0 atom stereocenters. The van der Waals surface area contributed by atoms with Crippen LogP contribution < -0.4 is 4.74 Å². The van der Waals surface area contributed by atoms with Crippen molar-refractivity contribution >= 4 is 0 Å². The lowest BCUT2D eigenvalue weighted by molar-refractivity contribution is 0.309. The van der Waals surface area contributed by atoms with Gasteiger partial charge in [0.05, 0.1) is 6.04 Å². The maximum atomic E-state index is 5.93. The molecule has 17 heavy (non-hydrogen) atoms. The zero-order chi connectivity index (χ0) is 11.8. The van der Waals surface area contributed by atoms with Gasteiger partial charge in [-0.3, -0.25) is 4.90 Å². The molecule has 0 spiro atoms. The summed E-state index contributed by atoms with van der Waals surface area (Å²) in [7, 11) is 4.20. The van der Waals surface area contributed by atoms with E-state index in [1.807, 2.05) is 24.3 Å². The van der Waals surface area contributed by atoms with E-state index in [4.69, 9.17) is 4.74 Å². The van der Waals surface area contributed by atoms with Gasteiger partial charge in [0.25, 0.3) is 0 Å². The van der Waals surface area contributed by atoms with Crippen molar-refractivity contribution in [3.8, 4) is 11.5 Å². The third-order valence-corrected chi connectivity index (χ3v) is 3.16. The predicted molar refractivity (Wildman–Crippen MR) is 68.5 cm³/mol. The van der Waals surface area contributed by atoms with Gasteiger partial charge < -0.3 is 4.74 Å². The van der Waals surface area contributed by atoms with Gasteiger partial charge in [-0.1, -0.05) is 36.4 Å². The second-order valence-corrected chi connectivity index (χ2v) is 4.54. The van der Waals surface area contributed by atoms with Crippen LogP contribution in [-0.4, -0.2) is 19.0 Å². The van der Waals surface area contributed by atoms with Crippen LogP contribution in [0.5, 0.6) is 11.5 Å². The first-order chi connectivity index (χ1) is 8.27. The van der Waals surface area contributed by atoms with Crippen LogP contribution in [0, 0.1) is 0 Å². The fourth-order valence-electron chi connectivity index (χ4n) is 2.44. The Morgan fingerprint density at radius 1 is 0.824 bits per heavy atom. The van der Waals surface area contributed by atoms with Crippen molar-refractivity contribution in [2.75, 3.05) is 14.1 Å². The van der Waals surface area contributed by atoms with Crippen molar-refractivity contribution in [1.82, 2.24) is 4.90 Å². The van der Waals surface area contributed by atoms with Crippen molar-refractivity contribution in [2.45, 2.75) is 6.04 Å². The van der Waals surface area contributed by atoms with Gasteiger partial charge in [-0.05, 0) is 26.2 Å². The monoisotopic (exact) mass is 225 g/mol. The van der Waals surface area contributed by atoms with Gasteiger partial charge in [-0.25, -0.2) is 0 Å². The van der Waals surface area contributed by atoms with Crippen LogP contribution >= 0.6 is 0 Å². The molecule has 86 valence electrons. The molecule has 0 saturated carbocycles. The van der Waals surface area contributed by atoms with E-state index in [1.54, 1.807) is 0 Å². The predicted octanol–water partition coefficient (Wildman–Crippen LogP) is 3.44. The first kappa shape index (κ1) is 10.4. The van der Waals surface area contributed by atoms with E-state index < -0.39 is 0 Å². The lowest BCUT2D eigenvalue weighted by atomic mass is 9.94. The minimum Gasteiger partial charge on any atom is -0.457 e. The van der Waals surface area contributed by atoms with Crippen LogP contribution in [0.1, 0.15) is 17.2 Å². The summed E-state index contributed by atoms with van der Waals surface area (Å²) >= 11 is 0. The maximum Gasteiger partial charge on any atom is 0.132 e. The molecule has 0 radical (unpaired) electrons. The minimum atomic E-state index is 0.274. The van der Waals surface area contributed by atoms with Gasteiger partial charge in [-0.15, -0.1) is 0 Å². The van der Waals surface area contributed by atoms with Crippen LogP contribution in [0.4, 0.5) is 0 Å². The Kier molecular flexibility index (Phi) is 2.37. The molecule has 3 rings (SSSR count). The largest absolute Gasteiger partial charge is 0.457 e. The van der Waals surface area contributed by atoms with Gasteiger partial charge in [0.2, 0.25) is 0 Å². The Morgan fingerprint density at radius 2 is 1.29 bits per heavy atom. The lowest BCUT2D eigenvalue weighted by Crippen LogP contribution is -2.24. The summed E-state index contributed by atoms with van der Waals surface area (Å²) in [6.45, 7) is 0. The molecule has 0 unspecified atom stereocenters. The Balaban J connectivity index is 2.21. The molecule has 0 bridgehead atoms. The maximum absolute atomic E-state index is 5.93. The summed E-state index contributed by atoms with van der Waals surface area (Å²) in [6, 6.07) is 16.8. The first-order valence-electron chi connectivity index (χ1n) is 5.79. The van der Waals surface area contributed by atoms with Gasteiger partial charge in [0.15, 0.2) is 0 Å². The van der Waals surface area contributed by atoms with E-state index >= 15 is 0 Å². The van der Waals surface area contributed by atoms with Crippen LogP contribution in [0.25, 0.3) is 0 Å². The molecule has 0 N–H and O–H groups in total. The zero-order valence-corrected chi connectivity index (χ0v) is 10.1. The molecule has 2 aromatic carbocycles. The Morgan fingerprint density at radius 3 is 1.76 bits per heavy atom. The quantitative estimate of drug-likeness (QED) is 0.737. The summed E-state index contributed by atoms with van der Waals surface area (Å²) in [4.78, 5) is 2.22. The molecule has 0 saturated heterocycles. The summed E-state index contributed by atoms with van der Waals surface area (Å²) < 4.78 is 5.93. The SMILES string of the molecule is CN(C)C1c2ccccc2Oc2ccccc21. The topological polar surface area (TPSA) is 12.5 Å². The number of benzene rings is 2. The van der Waals surface area contributed by atoms with Gasteiger partial charge >= 0.3 is 0 Å². The highest BCUT2D eigenvalue weighted by Gasteiger charge is 2.27. The molecule has 0 amide bonds. The van der Waals surface area contributed by atoms with Crippen molar-refractivity contribution in [2.24, 2.45) is 0 Å². The second-order valence-electron chi connectivity index (χ2n) is 4.54. The average Bonchev–Trinajstić information content (AvgIpc) is 2.35. The fourth-order valence-corrected chi connectivity index (χ4v) is 2.44. The number of ether oxygens (including phenoxy) is 1. The van der Waals surface area contributed by atoms with Crippen LogP contribution in [0.15, 0.2) is 48.5 Å². The van der Waals surface area contributed by atoms with Gasteiger partial charge in [-0.2, -0.15) is 0 Å². The van der Waals surface area contributed by atoms with Crippen molar-refractivity contribution in [1.29, 1.82) is 0 Å². The summed E-state index contributed by atoms with van der Waals surface area (Å²) in [5.74, 6) is 1.93. The molecule has 0 fully saturated rings. The molecular formula is C15H15NO. The van der Waals surface area contributed by atoms with E-state index in [9.17, 15) is 0 Å². The van der Waals surface area contributed by atoms with Crippen molar-refractivity contribution in [3.05, 3.63) is 59.7 Å². The van der Waals surface area contributed by atoms with E-state index in [0.29, 0.717) is 0 Å². The molecule has 2 heteroatoms. The lowest BCUT2D eigenvalue weighted by Gasteiger charge is -2.32. The number of para-hydroxylation sites is 2. The fraction of sp³-hybridized carbons (Fsp3) is 0.200. The molecule has 0 aliphatic carbocycles. The number of rotatable bonds is 1. The van der Waals surface area contributed by atoms with E-state index in [0.717, 1.165) is 11.5 Å². The van der Waals surface area contributed by atoms with E-state index in [1.165, 1.54) is 11.1 Å². The molecule has 1 aliphatic heterocycles. The van der Waals surface area contributed by atoms with Crippen LogP contribution in [0.2, 0.25) is 0 Å². The van der Waals surface area contributed by atoms with Crippen LogP contribution in [0.3, 0.4) is 0 Å². The Hall–Kier alpha value is -1.80. The Labute approximate surface area is 101 Å². The van der Waals surface area contributed by atoms with Crippen LogP contribution in [-0.2, 0) is 0 Å². The highest BCUT2D eigenvalue weighted by molar-refractivity contribution is 5.52. The molecule has 1 aliphatic rings. The minimum absolute atomic E-state index is 0.274. The van der Waals surface area contributed by atoms with E-state index in [2.05, 4.69) is 43.3 Å². The number of hydrogen-bond acceptors (Lipinski definition) is 2. The smallest absolute Gasteiger partial charge is 0.132 e. The number of hydrogen-bond donors (Lipinski definition) is 0. The zero-order valence-electron chi connectivity index (χ0n) is 10.1. The molecular weight excluding hydrogens is 210 g/mol. The first-order valence-corrected chi connectivity index (χ1v) is 5.79. The van der Waals surface area contributed by atoms with Crippen molar-refractivity contribution in [3.63, 3.8) is 0 Å². The average molecular weight is 225 g/mol. The standard InChI is InChI=1S/C15H15NO/c1-16(2)15-11-7-3-5-9-13(11)17-14-10-6-4-8-12(14)15/h3-10,15H,1-2H3. The molecule has 0 aromatic heterocycles. The summed E-state index contributed by atoms with van der Waals surface area (Å²) in [6.07, 6.45) is 0. The molecule has 2 aromatic rings. The summed E-state index contributed by atoms with van der Waals surface area (Å²) in [5, 5.41) is 0. The highest BCUT2D eigenvalue weighted by atomic mass is 16.5. The third kappa shape index (κ3) is 1.61. The number of fused-ring (bicyclic) bond motifs is 2. The van der Waals surface area contributed by atoms with Gasteiger partial charge in [0, 0.05) is 11.1 Å². The molecule has 2 nitrogen and oxygen atoms in total. The summed E-state index contributed by atoms with van der Waals surface area (Å²) in [5.41, 5.74) is 2.47. The van der Waals surface area contributed by atoms with Crippen molar-refractivity contribution < 1.29 is 4.74 Å². The molecule has 1 heterocycles. The highest BCUT2D eigenvalue weighted by Crippen LogP contribution is 2.44. The van der Waals surface area contributed by atoms with E-state index in [-0.39, 0.29) is 6.04 Å². The normalized spacial score (nSPS) is 14.1.